The third kappa shape index (κ3) is 1.10. The van der Waals surface area contributed by atoms with Crippen molar-refractivity contribution in [2.75, 3.05) is 12.8 Å². The van der Waals surface area contributed by atoms with Crippen LogP contribution in [-0.2, 0) is 0 Å². The SMILES string of the molecule is COc1cc(=O)[nH]c2nc(N)nn12. The standard InChI is InChI=1S/C6H7N5O2/c1-13-4-2-3(12)8-6-9-5(7)10-11(4)6/h2H,1H3,(H3,7,8,9,10,12). The molecule has 0 aliphatic rings. The Bertz CT molecular complexity index is 499. The molecule has 2 rings (SSSR count). The molecule has 2 aromatic heterocycles. The fourth-order valence-electron chi connectivity index (χ4n) is 1.03. The maximum Gasteiger partial charge on any atom is 0.256 e. The van der Waals surface area contributed by atoms with E-state index in [1.807, 2.05) is 0 Å². The summed E-state index contributed by atoms with van der Waals surface area (Å²) in [7, 11) is 1.44. The number of nitrogens with two attached hydrogens (primary N) is 1. The number of nitrogens with zero attached hydrogens (tertiary/aromatic N) is 3. The quantitative estimate of drug-likeness (QED) is 0.588. The molecule has 0 aromatic carbocycles. The van der Waals surface area contributed by atoms with Crippen molar-refractivity contribution >= 4 is 11.7 Å². The van der Waals surface area contributed by atoms with Crippen LogP contribution in [0, 0.1) is 0 Å². The zero-order chi connectivity index (χ0) is 9.42. The smallest absolute Gasteiger partial charge is 0.256 e. The average molecular weight is 181 g/mol. The van der Waals surface area contributed by atoms with Crippen LogP contribution < -0.4 is 16.0 Å². The number of rotatable bonds is 1. The van der Waals surface area contributed by atoms with Gasteiger partial charge in [-0.2, -0.15) is 9.50 Å². The predicted molar refractivity (Wildman–Crippen MR) is 44.6 cm³/mol. The molecule has 3 N–H and O–H groups in total. The van der Waals surface area contributed by atoms with Crippen molar-refractivity contribution in [3.05, 3.63) is 16.4 Å². The van der Waals surface area contributed by atoms with Crippen LogP contribution in [-0.4, -0.2) is 26.7 Å². The van der Waals surface area contributed by atoms with Crippen LogP contribution in [0.15, 0.2) is 10.9 Å². The Morgan fingerprint density at radius 2 is 2.46 bits per heavy atom. The minimum Gasteiger partial charge on any atom is -0.481 e. The first-order valence-electron chi connectivity index (χ1n) is 3.50. The first-order valence-corrected chi connectivity index (χ1v) is 3.50. The number of methoxy groups -OCH3 is 1. The maximum atomic E-state index is 11.0. The lowest BCUT2D eigenvalue weighted by Crippen LogP contribution is -2.09. The Kier molecular flexibility index (Phi) is 1.44. The number of aromatic nitrogens is 4. The van der Waals surface area contributed by atoms with E-state index in [-0.39, 0.29) is 17.3 Å². The summed E-state index contributed by atoms with van der Waals surface area (Å²) in [4.78, 5) is 17.3. The zero-order valence-corrected chi connectivity index (χ0v) is 6.81. The minimum absolute atomic E-state index is 0.0835. The van der Waals surface area contributed by atoms with Crippen LogP contribution in [0.2, 0.25) is 0 Å². The summed E-state index contributed by atoms with van der Waals surface area (Å²) in [6.07, 6.45) is 0. The van der Waals surface area contributed by atoms with Gasteiger partial charge in [0.15, 0.2) is 0 Å². The highest BCUT2D eigenvalue weighted by Crippen LogP contribution is 2.07. The second-order valence-corrected chi connectivity index (χ2v) is 2.38. The molecule has 0 amide bonds. The predicted octanol–water partition coefficient (Wildman–Crippen LogP) is -0.992. The van der Waals surface area contributed by atoms with E-state index in [0.717, 1.165) is 0 Å². The minimum atomic E-state index is -0.309. The molecule has 0 unspecified atom stereocenters. The van der Waals surface area contributed by atoms with Crippen molar-refractivity contribution in [1.82, 2.24) is 19.6 Å². The van der Waals surface area contributed by atoms with Crippen molar-refractivity contribution in [3.63, 3.8) is 0 Å². The van der Waals surface area contributed by atoms with Gasteiger partial charge in [-0.3, -0.25) is 9.78 Å². The molecule has 0 radical (unpaired) electrons. The maximum absolute atomic E-state index is 11.0. The lowest BCUT2D eigenvalue weighted by molar-refractivity contribution is 0.384. The van der Waals surface area contributed by atoms with Crippen LogP contribution in [0.25, 0.3) is 5.78 Å². The number of hydrogen-bond donors (Lipinski definition) is 2. The molecule has 0 aliphatic carbocycles. The first kappa shape index (κ1) is 7.59. The molecule has 0 spiro atoms. The Morgan fingerprint density at radius 1 is 1.69 bits per heavy atom. The molecule has 0 atom stereocenters. The number of nitrogen functional groups attached to an aromatic ring is 1. The Morgan fingerprint density at radius 3 is 3.15 bits per heavy atom. The van der Waals surface area contributed by atoms with Crippen molar-refractivity contribution in [3.8, 4) is 5.88 Å². The first-order chi connectivity index (χ1) is 6.20. The summed E-state index contributed by atoms with van der Waals surface area (Å²) in [5.74, 6) is 0.643. The van der Waals surface area contributed by atoms with Gasteiger partial charge in [0.25, 0.3) is 5.56 Å². The van der Waals surface area contributed by atoms with Crippen LogP contribution in [0.4, 0.5) is 5.95 Å². The van der Waals surface area contributed by atoms with Gasteiger partial charge in [0, 0.05) is 0 Å². The molecule has 7 nitrogen and oxygen atoms in total. The number of hydrogen-bond acceptors (Lipinski definition) is 5. The van der Waals surface area contributed by atoms with Crippen molar-refractivity contribution in [2.45, 2.75) is 0 Å². The van der Waals surface area contributed by atoms with Gasteiger partial charge in [0.1, 0.15) is 0 Å². The third-order valence-electron chi connectivity index (χ3n) is 1.53. The average Bonchev–Trinajstić information content (AvgIpc) is 2.43. The number of ether oxygens (including phenoxy) is 1. The largest absolute Gasteiger partial charge is 0.481 e. The van der Waals surface area contributed by atoms with E-state index in [4.69, 9.17) is 10.5 Å². The molecule has 0 saturated heterocycles. The van der Waals surface area contributed by atoms with E-state index in [1.54, 1.807) is 0 Å². The Balaban J connectivity index is 2.88. The van der Waals surface area contributed by atoms with Crippen LogP contribution >= 0.6 is 0 Å². The molecule has 0 saturated carbocycles. The third-order valence-corrected chi connectivity index (χ3v) is 1.53. The molecule has 68 valence electrons. The Labute approximate surface area is 72.2 Å². The van der Waals surface area contributed by atoms with Gasteiger partial charge >= 0.3 is 0 Å². The highest BCUT2D eigenvalue weighted by atomic mass is 16.5. The van der Waals surface area contributed by atoms with E-state index in [2.05, 4.69) is 15.1 Å². The van der Waals surface area contributed by atoms with Gasteiger partial charge in [0.05, 0.1) is 13.2 Å². The molecule has 0 fully saturated rings. The molecular formula is C6H7N5O2. The second-order valence-electron chi connectivity index (χ2n) is 2.38. The molecule has 13 heavy (non-hydrogen) atoms. The number of nitrogens with one attached hydrogen (secondary N) is 1. The van der Waals surface area contributed by atoms with Gasteiger partial charge in [-0.1, -0.05) is 0 Å². The van der Waals surface area contributed by atoms with E-state index in [1.165, 1.54) is 17.7 Å². The second kappa shape index (κ2) is 2.47. The van der Waals surface area contributed by atoms with Crippen LogP contribution in [0.3, 0.4) is 0 Å². The number of anilines is 1. The van der Waals surface area contributed by atoms with E-state index in [0.29, 0.717) is 5.88 Å². The number of fused-ring (bicyclic) bond motifs is 1. The molecular weight excluding hydrogens is 174 g/mol. The van der Waals surface area contributed by atoms with Gasteiger partial charge in [-0.25, -0.2) is 0 Å². The van der Waals surface area contributed by atoms with Crippen LogP contribution in [0.1, 0.15) is 0 Å². The Hall–Kier alpha value is -2.05. The summed E-state index contributed by atoms with van der Waals surface area (Å²) < 4.78 is 6.22. The highest BCUT2D eigenvalue weighted by molar-refractivity contribution is 5.36. The number of H-pyrrole nitrogens is 1. The lowest BCUT2D eigenvalue weighted by Gasteiger charge is -1.99. The summed E-state index contributed by atoms with van der Waals surface area (Å²) in [6, 6.07) is 1.26. The van der Waals surface area contributed by atoms with Crippen molar-refractivity contribution in [2.24, 2.45) is 0 Å². The molecule has 2 aromatic rings. The van der Waals surface area contributed by atoms with Gasteiger partial charge < -0.3 is 10.5 Å². The summed E-state index contributed by atoms with van der Waals surface area (Å²) in [5.41, 5.74) is 5.04. The zero-order valence-electron chi connectivity index (χ0n) is 6.81. The van der Waals surface area contributed by atoms with E-state index in [9.17, 15) is 4.79 Å². The monoisotopic (exact) mass is 181 g/mol. The van der Waals surface area contributed by atoms with E-state index >= 15 is 0 Å². The molecule has 2 heterocycles. The van der Waals surface area contributed by atoms with Crippen LogP contribution in [0.5, 0.6) is 5.88 Å². The van der Waals surface area contributed by atoms with E-state index < -0.39 is 0 Å². The van der Waals surface area contributed by atoms with Gasteiger partial charge in [0.2, 0.25) is 17.6 Å². The normalized spacial score (nSPS) is 10.5. The van der Waals surface area contributed by atoms with Gasteiger partial charge in [-0.15, -0.1) is 5.10 Å². The highest BCUT2D eigenvalue weighted by Gasteiger charge is 2.06. The molecule has 0 aliphatic heterocycles. The fraction of sp³-hybridized carbons (Fsp3) is 0.167. The fourth-order valence-corrected chi connectivity index (χ4v) is 1.03. The lowest BCUT2D eigenvalue weighted by atomic mass is 10.6. The number of aromatic amines is 1. The summed E-state index contributed by atoms with van der Waals surface area (Å²) in [6.45, 7) is 0. The molecule has 7 heteroatoms. The van der Waals surface area contributed by atoms with Crippen molar-refractivity contribution in [1.29, 1.82) is 0 Å². The summed E-state index contributed by atoms with van der Waals surface area (Å²) in [5, 5.41) is 3.81. The topological polar surface area (TPSA) is 98.3 Å². The van der Waals surface area contributed by atoms with Crippen molar-refractivity contribution < 1.29 is 4.74 Å². The van der Waals surface area contributed by atoms with Gasteiger partial charge in [-0.05, 0) is 0 Å². The molecule has 0 bridgehead atoms. The summed E-state index contributed by atoms with van der Waals surface area (Å²) >= 11 is 0.